The van der Waals surface area contributed by atoms with Crippen molar-refractivity contribution in [3.05, 3.63) is 30.4 Å². The van der Waals surface area contributed by atoms with E-state index in [0.29, 0.717) is 31.6 Å². The molecule has 3 N–H and O–H groups in total. The number of fused-ring (bicyclic) bond motifs is 4. The van der Waals surface area contributed by atoms with Crippen molar-refractivity contribution in [2.75, 3.05) is 24.6 Å². The third-order valence-electron chi connectivity index (χ3n) is 11.4. The first-order valence-electron chi connectivity index (χ1n) is 14.9. The summed E-state index contributed by atoms with van der Waals surface area (Å²) in [6, 6.07) is 0. The van der Waals surface area contributed by atoms with Gasteiger partial charge in [0.2, 0.25) is 0 Å². The summed E-state index contributed by atoms with van der Waals surface area (Å²) in [6.45, 7) is 10.0. The Morgan fingerprint density at radius 3 is 1.63 bits per heavy atom. The molecule has 2 unspecified atom stereocenters. The highest BCUT2D eigenvalue weighted by Crippen LogP contribution is 2.65. The van der Waals surface area contributed by atoms with Gasteiger partial charge in [0.15, 0.2) is 0 Å². The molecule has 1 aromatic rings. The highest BCUT2D eigenvalue weighted by atomic mass is 32.2. The lowest BCUT2D eigenvalue weighted by atomic mass is 9.70. The van der Waals surface area contributed by atoms with Crippen LogP contribution in [0.15, 0.2) is 24.8 Å². The molecule has 13 heteroatoms. The van der Waals surface area contributed by atoms with E-state index in [9.17, 15) is 26.4 Å². The van der Waals surface area contributed by atoms with E-state index in [1.165, 1.54) is 6.42 Å². The fourth-order valence-electron chi connectivity index (χ4n) is 8.32. The van der Waals surface area contributed by atoms with Crippen molar-refractivity contribution in [1.29, 1.82) is 0 Å². The maximum Gasteiger partial charge on any atom is 0.265 e. The van der Waals surface area contributed by atoms with Crippen molar-refractivity contribution in [2.45, 2.75) is 72.6 Å². The first-order chi connectivity index (χ1) is 19.8. The number of nitrogens with zero attached hydrogens (tertiary/aromatic N) is 2. The van der Waals surface area contributed by atoms with Crippen LogP contribution in [0.4, 0.5) is 0 Å². The molecule has 0 spiro atoms. The lowest BCUT2D eigenvalue weighted by molar-refractivity contribution is -0.128. The number of Topliss-reactive ketones (excluding diaryl/α,β-unsaturated/α-hetero) is 2. The van der Waals surface area contributed by atoms with Crippen LogP contribution in [0.1, 0.15) is 78.2 Å². The van der Waals surface area contributed by atoms with Gasteiger partial charge in [0, 0.05) is 37.3 Å². The number of nitrogens with one attached hydrogen (secondary N) is 1. The van der Waals surface area contributed by atoms with Gasteiger partial charge in [-0.15, -0.1) is 0 Å². The number of carbonyl (C=O) groups excluding carboxylic acids is 2. The number of hydrogen-bond acceptors (Lipinski definition) is 9. The Bertz CT molecular complexity index is 1370. The van der Waals surface area contributed by atoms with Crippen molar-refractivity contribution in [2.24, 2.45) is 39.4 Å². The predicted octanol–water partition coefficient (Wildman–Crippen LogP) is 3.64. The number of aromatic nitrogens is 2. The van der Waals surface area contributed by atoms with Gasteiger partial charge in [-0.3, -0.25) is 18.7 Å². The van der Waals surface area contributed by atoms with Crippen LogP contribution in [-0.2, 0) is 29.8 Å². The molecule has 4 saturated carbocycles. The van der Waals surface area contributed by atoms with Gasteiger partial charge >= 0.3 is 0 Å². The van der Waals surface area contributed by atoms with Gasteiger partial charge in [-0.2, -0.15) is 16.8 Å². The van der Waals surface area contributed by atoms with E-state index in [1.807, 2.05) is 40.1 Å². The number of carbonyl (C=O) groups is 2. The van der Waals surface area contributed by atoms with E-state index in [-0.39, 0.29) is 34.2 Å². The molecule has 240 valence electrons. The predicted molar refractivity (Wildman–Crippen MR) is 162 cm³/mol. The lowest BCUT2D eigenvalue weighted by Gasteiger charge is -2.35. The van der Waals surface area contributed by atoms with Gasteiger partial charge in [-0.1, -0.05) is 39.8 Å². The molecular weight excluding hydrogens is 594 g/mol. The molecule has 1 saturated heterocycles. The van der Waals surface area contributed by atoms with Crippen molar-refractivity contribution in [3.63, 3.8) is 0 Å². The van der Waals surface area contributed by atoms with Gasteiger partial charge in [-0.25, -0.2) is 9.97 Å². The fourth-order valence-corrected chi connectivity index (χ4v) is 10.9. The highest BCUT2D eigenvalue weighted by molar-refractivity contribution is 7.86. The maximum absolute atomic E-state index is 11.9. The van der Waals surface area contributed by atoms with Gasteiger partial charge in [0.05, 0.1) is 22.3 Å². The van der Waals surface area contributed by atoms with E-state index in [2.05, 4.69) is 27.4 Å². The van der Waals surface area contributed by atoms with Crippen molar-refractivity contribution >= 4 is 37.9 Å². The molecule has 1 aromatic heterocycles. The molecule has 5 fully saturated rings. The van der Waals surface area contributed by atoms with Crippen LogP contribution < -0.4 is 5.32 Å². The van der Waals surface area contributed by atoms with Gasteiger partial charge in [0.1, 0.15) is 17.9 Å². The molecule has 6 rings (SSSR count). The molecule has 1 aliphatic heterocycles. The third kappa shape index (κ3) is 6.80. The first kappa shape index (κ1) is 33.8. The largest absolute Gasteiger partial charge is 0.316 e. The van der Waals surface area contributed by atoms with Crippen LogP contribution in [0.25, 0.3) is 6.08 Å². The second-order valence-electron chi connectivity index (χ2n) is 14.1. The summed E-state index contributed by atoms with van der Waals surface area (Å²) in [5.41, 5.74) is -1.16. The maximum atomic E-state index is 11.9. The lowest BCUT2D eigenvalue weighted by Crippen LogP contribution is -2.42. The van der Waals surface area contributed by atoms with Gasteiger partial charge in [-0.05, 0) is 67.2 Å². The summed E-state index contributed by atoms with van der Waals surface area (Å²) >= 11 is 0. The Morgan fingerprint density at radius 1 is 0.837 bits per heavy atom. The minimum Gasteiger partial charge on any atom is -0.316 e. The second kappa shape index (κ2) is 12.0. The van der Waals surface area contributed by atoms with Crippen LogP contribution in [0.3, 0.4) is 0 Å². The number of hydrogen-bond donors (Lipinski definition) is 3. The van der Waals surface area contributed by atoms with E-state index in [4.69, 9.17) is 9.11 Å². The van der Waals surface area contributed by atoms with E-state index < -0.39 is 42.6 Å². The summed E-state index contributed by atoms with van der Waals surface area (Å²) in [6.07, 6.45) is 14.7. The van der Waals surface area contributed by atoms with E-state index in [0.717, 1.165) is 31.5 Å². The quantitative estimate of drug-likeness (QED) is 0.387. The molecular formula is C30H45N3O8S2. The van der Waals surface area contributed by atoms with Gasteiger partial charge < -0.3 is 5.32 Å². The molecule has 0 radical (unpaired) electrons. The average Bonchev–Trinajstić information content (AvgIpc) is 3.63. The molecule has 11 nitrogen and oxygen atoms in total. The highest BCUT2D eigenvalue weighted by Gasteiger charge is 2.66. The molecule has 0 amide bonds. The molecule has 0 aromatic carbocycles. The second-order valence-corrected chi connectivity index (χ2v) is 17.0. The third-order valence-corrected chi connectivity index (χ3v) is 13.1. The number of rotatable bonds is 6. The fraction of sp³-hybridized carbons (Fsp3) is 0.733. The van der Waals surface area contributed by atoms with Crippen LogP contribution in [0.2, 0.25) is 0 Å². The zero-order valence-electron chi connectivity index (χ0n) is 25.5. The van der Waals surface area contributed by atoms with E-state index in [1.54, 1.807) is 6.33 Å². The molecule has 43 heavy (non-hydrogen) atoms. The Kier molecular flexibility index (Phi) is 9.47. The summed E-state index contributed by atoms with van der Waals surface area (Å²) in [5.74, 6) is 0.478. The minimum absolute atomic E-state index is 0.0152. The number of ketones is 2. The standard InChI is InChI=1S/C10H13N3.2C10H16O4S/c1(9-3-4-11-5-9)2-10-6-12-8-13-7-10;2*1-9(2)7-3-4-10(9,8(11)5-7)6-15(12,13)14/h1-2,6-9,11H,3-5H2;2*7H,3-6H2,1-2H3,(H,12,13,14)/b2-1+;;/t9-;2*7?,10-/m011/s1. The van der Waals surface area contributed by atoms with Crippen LogP contribution in [-0.4, -0.2) is 72.1 Å². The van der Waals surface area contributed by atoms with Crippen molar-refractivity contribution in [1.82, 2.24) is 15.3 Å². The minimum atomic E-state index is -4.08. The summed E-state index contributed by atoms with van der Waals surface area (Å²) in [5, 5.41) is 3.33. The normalized spacial score (nSPS) is 33.8. The van der Waals surface area contributed by atoms with Gasteiger partial charge in [0.25, 0.3) is 20.2 Å². The summed E-state index contributed by atoms with van der Waals surface area (Å²) < 4.78 is 62.0. The smallest absolute Gasteiger partial charge is 0.265 e. The van der Waals surface area contributed by atoms with E-state index >= 15 is 0 Å². The Morgan fingerprint density at radius 2 is 1.30 bits per heavy atom. The van der Waals surface area contributed by atoms with Crippen molar-refractivity contribution in [3.8, 4) is 0 Å². The Hall–Kier alpha value is -2.06. The topological polar surface area (TPSA) is 181 Å². The Balaban J connectivity index is 0.000000148. The Labute approximate surface area is 255 Å². The monoisotopic (exact) mass is 639 g/mol. The summed E-state index contributed by atoms with van der Waals surface area (Å²) in [4.78, 5) is 31.7. The molecule has 4 bridgehead atoms. The molecule has 2 heterocycles. The zero-order valence-corrected chi connectivity index (χ0v) is 27.1. The zero-order chi connectivity index (χ0) is 31.9. The first-order valence-corrected chi connectivity index (χ1v) is 18.2. The molecule has 5 atom stereocenters. The SMILES string of the molecule is C(=C\[C@H]1CCNC1)/c1cncnc1.CC1(C)C2CC[C@@]1(CS(=O)(=O)O)C(=O)C2.CC1(C)C2CC[C@@]1(CS(=O)(=O)O)C(=O)C2. The van der Waals surface area contributed by atoms with Crippen LogP contribution in [0, 0.1) is 39.4 Å². The van der Waals surface area contributed by atoms with Crippen molar-refractivity contribution < 1.29 is 35.5 Å². The molecule has 4 aliphatic carbocycles. The molecule has 5 aliphatic rings. The van der Waals surface area contributed by atoms with Crippen LogP contribution >= 0.6 is 0 Å². The average molecular weight is 640 g/mol. The van der Waals surface area contributed by atoms with Crippen LogP contribution in [0.5, 0.6) is 0 Å². The summed E-state index contributed by atoms with van der Waals surface area (Å²) in [7, 11) is -8.15.